The molecule has 4 aromatic rings. The Morgan fingerprint density at radius 3 is 2.89 bits per heavy atom. The van der Waals surface area contributed by atoms with E-state index in [0.29, 0.717) is 41.0 Å². The number of fused-ring (bicyclic) bond motifs is 2. The van der Waals surface area contributed by atoms with E-state index in [9.17, 15) is 9.18 Å². The number of pyridine rings is 1. The van der Waals surface area contributed by atoms with E-state index in [-0.39, 0.29) is 24.3 Å². The first-order valence-electron chi connectivity index (χ1n) is 12.1. The van der Waals surface area contributed by atoms with E-state index >= 15 is 0 Å². The van der Waals surface area contributed by atoms with Crippen molar-refractivity contribution in [3.05, 3.63) is 59.5 Å². The molecule has 1 saturated heterocycles. The van der Waals surface area contributed by atoms with Crippen LogP contribution in [0.2, 0.25) is 0 Å². The third kappa shape index (κ3) is 3.78. The molecule has 0 bridgehead atoms. The lowest BCUT2D eigenvalue weighted by molar-refractivity contribution is -0.119. The quantitative estimate of drug-likeness (QED) is 0.440. The van der Waals surface area contributed by atoms with E-state index in [1.807, 2.05) is 26.0 Å². The Morgan fingerprint density at radius 1 is 1.22 bits per heavy atom. The number of ether oxygens (including phenoxy) is 1. The maximum atomic E-state index is 14.4. The minimum absolute atomic E-state index is 0.0779. The maximum absolute atomic E-state index is 14.4. The molecule has 184 valence electrons. The summed E-state index contributed by atoms with van der Waals surface area (Å²) in [6, 6.07) is 10.4. The van der Waals surface area contributed by atoms with Crippen molar-refractivity contribution < 1.29 is 13.9 Å². The number of nitrogens with one attached hydrogen (secondary N) is 2. The van der Waals surface area contributed by atoms with E-state index in [4.69, 9.17) is 19.8 Å². The Kier molecular flexibility index (Phi) is 5.40. The minimum atomic E-state index is -0.792. The normalized spacial score (nSPS) is 18.8. The lowest BCUT2D eigenvalue weighted by Gasteiger charge is -2.26. The molecule has 1 atom stereocenters. The van der Waals surface area contributed by atoms with Crippen molar-refractivity contribution in [2.24, 2.45) is 0 Å². The third-order valence-corrected chi connectivity index (χ3v) is 6.83. The van der Waals surface area contributed by atoms with Crippen LogP contribution >= 0.6 is 0 Å². The predicted molar refractivity (Wildman–Crippen MR) is 133 cm³/mol. The molecule has 2 aliphatic heterocycles. The molecule has 1 amide bonds. The molecule has 1 unspecified atom stereocenters. The molecular formula is C26H26FN7O2. The third-order valence-electron chi connectivity index (χ3n) is 6.83. The molecule has 1 fully saturated rings. The summed E-state index contributed by atoms with van der Waals surface area (Å²) in [5.74, 6) is 0.975. The van der Waals surface area contributed by atoms with Crippen LogP contribution in [-0.4, -0.2) is 49.9 Å². The summed E-state index contributed by atoms with van der Waals surface area (Å²) in [4.78, 5) is 26.9. The average Bonchev–Trinajstić information content (AvgIpc) is 3.35. The van der Waals surface area contributed by atoms with Gasteiger partial charge >= 0.3 is 0 Å². The molecule has 3 aromatic heterocycles. The van der Waals surface area contributed by atoms with Crippen molar-refractivity contribution in [1.29, 1.82) is 0 Å². The summed E-state index contributed by atoms with van der Waals surface area (Å²) < 4.78 is 21.7. The molecule has 1 aromatic carbocycles. The second-order valence-corrected chi connectivity index (χ2v) is 9.73. The molecule has 2 N–H and O–H groups in total. The van der Waals surface area contributed by atoms with E-state index in [0.717, 1.165) is 30.4 Å². The van der Waals surface area contributed by atoms with Crippen LogP contribution in [0.3, 0.4) is 0 Å². The molecule has 0 saturated carbocycles. The van der Waals surface area contributed by atoms with Crippen molar-refractivity contribution in [3.8, 4) is 11.5 Å². The SMILES string of the molecule is CC1(C)C(=O)Nc2nc(-c3nn(Cc4ccccc4F)c4ncccc34)nc(NC3CCCOC3)c21. The van der Waals surface area contributed by atoms with Crippen molar-refractivity contribution in [3.63, 3.8) is 0 Å². The zero-order valence-corrected chi connectivity index (χ0v) is 20.1. The van der Waals surface area contributed by atoms with Crippen LogP contribution in [0.4, 0.5) is 16.0 Å². The first-order valence-corrected chi connectivity index (χ1v) is 12.1. The number of rotatable bonds is 5. The van der Waals surface area contributed by atoms with Gasteiger partial charge in [-0.1, -0.05) is 18.2 Å². The lowest BCUT2D eigenvalue weighted by Crippen LogP contribution is -2.33. The summed E-state index contributed by atoms with van der Waals surface area (Å²) in [7, 11) is 0. The van der Waals surface area contributed by atoms with E-state index in [1.165, 1.54) is 6.07 Å². The van der Waals surface area contributed by atoms with Gasteiger partial charge in [-0.05, 0) is 44.9 Å². The van der Waals surface area contributed by atoms with Crippen molar-refractivity contribution >= 4 is 28.6 Å². The van der Waals surface area contributed by atoms with Crippen molar-refractivity contribution in [2.75, 3.05) is 23.8 Å². The number of benzene rings is 1. The fourth-order valence-electron chi connectivity index (χ4n) is 4.85. The maximum Gasteiger partial charge on any atom is 0.235 e. The highest BCUT2D eigenvalue weighted by Crippen LogP contribution is 2.42. The summed E-state index contributed by atoms with van der Waals surface area (Å²) in [5, 5.41) is 11.9. The van der Waals surface area contributed by atoms with Gasteiger partial charge in [0, 0.05) is 18.4 Å². The first-order chi connectivity index (χ1) is 17.4. The van der Waals surface area contributed by atoms with Gasteiger partial charge in [0.05, 0.1) is 35.6 Å². The van der Waals surface area contributed by atoms with Gasteiger partial charge in [0.2, 0.25) is 5.91 Å². The molecule has 36 heavy (non-hydrogen) atoms. The Bertz CT molecular complexity index is 1480. The van der Waals surface area contributed by atoms with E-state index < -0.39 is 5.41 Å². The zero-order chi connectivity index (χ0) is 24.9. The average molecular weight is 488 g/mol. The standard InChI is InChI=1S/C26H26FN7O2/c1-26(2)19-21(29-16-8-6-12-36-14-16)30-23(31-22(19)32-25(26)35)20-17-9-5-11-28-24(17)34(33-20)13-15-7-3-4-10-18(15)27/h3-5,7,9-11,16H,6,8,12-14H2,1-2H3,(H2,29,30,31,32,35). The number of amides is 1. The zero-order valence-electron chi connectivity index (χ0n) is 20.1. The van der Waals surface area contributed by atoms with Crippen molar-refractivity contribution in [2.45, 2.75) is 44.7 Å². The van der Waals surface area contributed by atoms with Gasteiger partial charge in [-0.25, -0.2) is 24.0 Å². The molecule has 2 aliphatic rings. The summed E-state index contributed by atoms with van der Waals surface area (Å²) in [6.45, 7) is 5.25. The van der Waals surface area contributed by atoms with E-state index in [2.05, 4.69) is 15.6 Å². The molecule has 5 heterocycles. The van der Waals surface area contributed by atoms with Gasteiger partial charge in [0.15, 0.2) is 11.5 Å². The number of carbonyl (C=O) groups excluding carboxylic acids is 1. The van der Waals surface area contributed by atoms with Crippen molar-refractivity contribution in [1.82, 2.24) is 24.7 Å². The van der Waals surface area contributed by atoms with Gasteiger partial charge in [0.1, 0.15) is 23.1 Å². The number of hydrogen-bond acceptors (Lipinski definition) is 7. The molecule has 9 nitrogen and oxygen atoms in total. The van der Waals surface area contributed by atoms with Gasteiger partial charge in [0.25, 0.3) is 0 Å². The fraction of sp³-hybridized carbons (Fsp3) is 0.346. The smallest absolute Gasteiger partial charge is 0.235 e. The van der Waals surface area contributed by atoms with Gasteiger partial charge < -0.3 is 15.4 Å². The highest BCUT2D eigenvalue weighted by Gasteiger charge is 2.43. The first kappa shape index (κ1) is 22.5. The Labute approximate surface area is 207 Å². The van der Waals surface area contributed by atoms with Crippen LogP contribution in [0, 0.1) is 5.82 Å². The van der Waals surface area contributed by atoms with Crippen LogP contribution in [0.1, 0.15) is 37.8 Å². The monoisotopic (exact) mass is 487 g/mol. The van der Waals surface area contributed by atoms with Gasteiger partial charge in [-0.3, -0.25) is 4.79 Å². The number of carbonyl (C=O) groups is 1. The lowest BCUT2D eigenvalue weighted by atomic mass is 9.87. The minimum Gasteiger partial charge on any atom is -0.379 e. The predicted octanol–water partition coefficient (Wildman–Crippen LogP) is 3.90. The number of hydrogen-bond donors (Lipinski definition) is 2. The van der Waals surface area contributed by atoms with Gasteiger partial charge in [-0.2, -0.15) is 5.10 Å². The molecule has 6 rings (SSSR count). The summed E-state index contributed by atoms with van der Waals surface area (Å²) >= 11 is 0. The second-order valence-electron chi connectivity index (χ2n) is 9.73. The topological polar surface area (TPSA) is 107 Å². The fourth-order valence-corrected chi connectivity index (χ4v) is 4.85. The highest BCUT2D eigenvalue weighted by atomic mass is 19.1. The van der Waals surface area contributed by atoms with Crippen LogP contribution in [0.5, 0.6) is 0 Å². The number of anilines is 2. The largest absolute Gasteiger partial charge is 0.379 e. The molecule has 10 heteroatoms. The van der Waals surface area contributed by atoms with Crippen LogP contribution in [0.25, 0.3) is 22.6 Å². The van der Waals surface area contributed by atoms with E-state index in [1.54, 1.807) is 29.1 Å². The number of halogens is 1. The Balaban J connectivity index is 1.48. The van der Waals surface area contributed by atoms with Crippen LogP contribution < -0.4 is 10.6 Å². The second kappa shape index (κ2) is 8.63. The number of nitrogens with zero attached hydrogens (tertiary/aromatic N) is 5. The molecule has 0 aliphatic carbocycles. The summed E-state index contributed by atoms with van der Waals surface area (Å²) in [5.41, 5.74) is 1.55. The molecule has 0 radical (unpaired) electrons. The molecule has 0 spiro atoms. The van der Waals surface area contributed by atoms with Gasteiger partial charge in [-0.15, -0.1) is 0 Å². The number of aromatic nitrogens is 5. The highest BCUT2D eigenvalue weighted by molar-refractivity contribution is 6.06. The molecular weight excluding hydrogens is 461 g/mol. The Hall–Kier alpha value is -3.92. The summed E-state index contributed by atoms with van der Waals surface area (Å²) in [6.07, 6.45) is 3.57. The van der Waals surface area contributed by atoms with Crippen LogP contribution in [-0.2, 0) is 21.5 Å². The van der Waals surface area contributed by atoms with Crippen LogP contribution in [0.15, 0.2) is 42.6 Å². The Morgan fingerprint density at radius 2 is 2.08 bits per heavy atom.